The third-order valence-corrected chi connectivity index (χ3v) is 6.09. The summed E-state index contributed by atoms with van der Waals surface area (Å²) in [5.74, 6) is -1.81. The van der Waals surface area contributed by atoms with E-state index in [-0.39, 0.29) is 40.9 Å². The maximum atomic E-state index is 14.5. The van der Waals surface area contributed by atoms with E-state index in [0.717, 1.165) is 25.1 Å². The van der Waals surface area contributed by atoms with Crippen molar-refractivity contribution >= 4 is 17.6 Å². The van der Waals surface area contributed by atoms with Crippen LogP contribution in [0.5, 0.6) is 5.75 Å². The number of aliphatic hydroxyl groups is 1. The third-order valence-electron chi connectivity index (χ3n) is 6.09. The first-order chi connectivity index (χ1) is 15.3. The second kappa shape index (κ2) is 8.82. The molecule has 1 heterocycles. The van der Waals surface area contributed by atoms with Crippen LogP contribution >= 0.6 is 0 Å². The number of hydrogen-bond donors (Lipinski definition) is 3. The molecule has 32 heavy (non-hydrogen) atoms. The summed E-state index contributed by atoms with van der Waals surface area (Å²) in [6.45, 7) is 0. The number of ether oxygens (including phenoxy) is 1. The number of methoxy groups -OCH3 is 1. The highest BCUT2D eigenvalue weighted by Crippen LogP contribution is 2.36. The zero-order chi connectivity index (χ0) is 22.9. The highest BCUT2D eigenvalue weighted by molar-refractivity contribution is 5.93. The fourth-order valence-corrected chi connectivity index (χ4v) is 4.05. The van der Waals surface area contributed by atoms with Gasteiger partial charge in [0.2, 0.25) is 5.91 Å². The zero-order valence-electron chi connectivity index (χ0n) is 17.7. The zero-order valence-corrected chi connectivity index (χ0v) is 17.7. The Bertz CT molecular complexity index is 1040. The molecule has 2 aliphatic rings. The van der Waals surface area contributed by atoms with Crippen LogP contribution in [-0.4, -0.2) is 40.7 Å². The van der Waals surface area contributed by atoms with Crippen LogP contribution in [0.3, 0.4) is 0 Å². The van der Waals surface area contributed by atoms with E-state index in [2.05, 4.69) is 15.6 Å². The van der Waals surface area contributed by atoms with Crippen molar-refractivity contribution in [3.8, 4) is 16.9 Å². The van der Waals surface area contributed by atoms with Crippen LogP contribution < -0.4 is 15.4 Å². The van der Waals surface area contributed by atoms with Gasteiger partial charge in [-0.15, -0.1) is 0 Å². The Morgan fingerprint density at radius 1 is 1.19 bits per heavy atom. The predicted molar refractivity (Wildman–Crippen MR) is 113 cm³/mol. The smallest absolute Gasteiger partial charge is 0.252 e. The lowest BCUT2D eigenvalue weighted by Crippen LogP contribution is -2.45. The van der Waals surface area contributed by atoms with E-state index < -0.39 is 17.2 Å². The first-order valence-corrected chi connectivity index (χ1v) is 10.6. The molecule has 0 bridgehead atoms. The van der Waals surface area contributed by atoms with Gasteiger partial charge in [-0.3, -0.25) is 9.59 Å². The maximum absolute atomic E-state index is 14.5. The number of carbonyl (C=O) groups excluding carboxylic acids is 2. The largest absolute Gasteiger partial charge is 0.496 e. The Kier molecular flexibility index (Phi) is 6.10. The topological polar surface area (TPSA) is 101 Å². The number of rotatable bonds is 6. The van der Waals surface area contributed by atoms with Crippen molar-refractivity contribution in [1.29, 1.82) is 0 Å². The number of benzene rings is 1. The summed E-state index contributed by atoms with van der Waals surface area (Å²) in [5, 5.41) is 15.5. The normalized spacial score (nSPS) is 21.5. The molecule has 4 rings (SSSR count). The van der Waals surface area contributed by atoms with E-state index in [1.165, 1.54) is 25.3 Å². The molecule has 2 aliphatic carbocycles. The Labute approximate surface area is 184 Å². The second-order valence-electron chi connectivity index (χ2n) is 8.45. The van der Waals surface area contributed by atoms with Crippen molar-refractivity contribution in [2.45, 2.75) is 50.2 Å². The summed E-state index contributed by atoms with van der Waals surface area (Å²) >= 11 is 0. The lowest BCUT2D eigenvalue weighted by atomic mass is 9.85. The Balaban J connectivity index is 1.45. The van der Waals surface area contributed by atoms with E-state index in [4.69, 9.17) is 4.74 Å². The van der Waals surface area contributed by atoms with Gasteiger partial charge in [-0.25, -0.2) is 13.8 Å². The number of halogens is 2. The number of pyridine rings is 1. The van der Waals surface area contributed by atoms with Gasteiger partial charge in [-0.1, -0.05) is 6.42 Å². The van der Waals surface area contributed by atoms with Crippen LogP contribution in [-0.2, 0) is 9.59 Å². The van der Waals surface area contributed by atoms with Crippen molar-refractivity contribution in [3.63, 3.8) is 0 Å². The van der Waals surface area contributed by atoms with Crippen LogP contribution in [0.25, 0.3) is 11.1 Å². The van der Waals surface area contributed by atoms with Gasteiger partial charge in [0.15, 0.2) is 0 Å². The molecule has 0 radical (unpaired) electrons. The van der Waals surface area contributed by atoms with Crippen molar-refractivity contribution in [1.82, 2.24) is 10.3 Å². The minimum Gasteiger partial charge on any atom is -0.496 e. The van der Waals surface area contributed by atoms with Gasteiger partial charge in [0.05, 0.1) is 13.3 Å². The molecule has 0 spiro atoms. The van der Waals surface area contributed by atoms with Crippen molar-refractivity contribution in [2.24, 2.45) is 5.92 Å². The van der Waals surface area contributed by atoms with E-state index >= 15 is 0 Å². The molecule has 1 aromatic carbocycles. The summed E-state index contributed by atoms with van der Waals surface area (Å²) in [7, 11) is 1.36. The standard InChI is InChI=1S/C23H25F2N3O4/c1-32-19-10-14(24)5-6-16(19)17-11-20(26-12-18(17)25)28-21(29)13-3-2-4-15(9-13)27-22(30)23(31)7-8-23/h5-6,10-13,15,31H,2-4,7-9H2,1H3,(H,27,30)(H,26,28,29)/t13-,15+/m0/s1. The summed E-state index contributed by atoms with van der Waals surface area (Å²) in [5.41, 5.74) is -0.785. The molecule has 0 saturated heterocycles. The molecule has 2 fully saturated rings. The van der Waals surface area contributed by atoms with Crippen molar-refractivity contribution in [3.05, 3.63) is 42.1 Å². The van der Waals surface area contributed by atoms with Crippen LogP contribution in [0, 0.1) is 17.6 Å². The SMILES string of the molecule is COc1cc(F)ccc1-c1cc(NC(=O)[C@H]2CCC[C@@H](NC(=O)C3(O)CC3)C2)ncc1F. The van der Waals surface area contributed by atoms with Gasteiger partial charge in [-0.2, -0.15) is 0 Å². The molecular weight excluding hydrogens is 420 g/mol. The van der Waals surface area contributed by atoms with Gasteiger partial charge < -0.3 is 20.5 Å². The molecule has 2 amide bonds. The quantitative estimate of drug-likeness (QED) is 0.634. The second-order valence-corrected chi connectivity index (χ2v) is 8.45. The molecular formula is C23H25F2N3O4. The highest BCUT2D eigenvalue weighted by atomic mass is 19.1. The molecule has 170 valence electrons. The lowest BCUT2D eigenvalue weighted by molar-refractivity contribution is -0.133. The van der Waals surface area contributed by atoms with Crippen molar-refractivity contribution in [2.75, 3.05) is 12.4 Å². The molecule has 2 atom stereocenters. The monoisotopic (exact) mass is 445 g/mol. The minimum absolute atomic E-state index is 0.124. The average Bonchev–Trinajstić information content (AvgIpc) is 3.54. The number of nitrogens with zero attached hydrogens (tertiary/aromatic N) is 1. The Hall–Kier alpha value is -3.07. The molecule has 2 saturated carbocycles. The van der Waals surface area contributed by atoms with Crippen LogP contribution in [0.4, 0.5) is 14.6 Å². The Morgan fingerprint density at radius 3 is 2.69 bits per heavy atom. The van der Waals surface area contributed by atoms with Crippen LogP contribution in [0.1, 0.15) is 38.5 Å². The van der Waals surface area contributed by atoms with Gasteiger partial charge in [0, 0.05) is 29.2 Å². The van der Waals surface area contributed by atoms with Crippen LogP contribution in [0.2, 0.25) is 0 Å². The molecule has 2 aromatic rings. The summed E-state index contributed by atoms with van der Waals surface area (Å²) in [6, 6.07) is 4.96. The van der Waals surface area contributed by atoms with E-state index in [9.17, 15) is 23.5 Å². The fraction of sp³-hybridized carbons (Fsp3) is 0.435. The molecule has 9 heteroatoms. The van der Waals surface area contributed by atoms with Gasteiger partial charge in [0.25, 0.3) is 5.91 Å². The number of hydrogen-bond acceptors (Lipinski definition) is 5. The van der Waals surface area contributed by atoms with Gasteiger partial charge >= 0.3 is 0 Å². The summed E-state index contributed by atoms with van der Waals surface area (Å²) < 4.78 is 33.1. The summed E-state index contributed by atoms with van der Waals surface area (Å²) in [4.78, 5) is 28.9. The van der Waals surface area contributed by atoms with E-state index in [1.54, 1.807) is 0 Å². The number of anilines is 1. The van der Waals surface area contributed by atoms with E-state index in [0.29, 0.717) is 31.2 Å². The lowest BCUT2D eigenvalue weighted by Gasteiger charge is -2.29. The van der Waals surface area contributed by atoms with Gasteiger partial charge in [-0.05, 0) is 50.3 Å². The highest BCUT2D eigenvalue weighted by Gasteiger charge is 2.48. The average molecular weight is 445 g/mol. The van der Waals surface area contributed by atoms with Crippen molar-refractivity contribution < 1.29 is 28.2 Å². The Morgan fingerprint density at radius 2 is 1.97 bits per heavy atom. The van der Waals surface area contributed by atoms with E-state index in [1.807, 2.05) is 0 Å². The summed E-state index contributed by atoms with van der Waals surface area (Å²) in [6.07, 6.45) is 4.54. The number of amides is 2. The number of nitrogens with one attached hydrogen (secondary N) is 2. The predicted octanol–water partition coefficient (Wildman–Crippen LogP) is 3.17. The molecule has 0 unspecified atom stereocenters. The first kappa shape index (κ1) is 22.1. The minimum atomic E-state index is -1.24. The molecule has 0 aliphatic heterocycles. The first-order valence-electron chi connectivity index (χ1n) is 10.6. The fourth-order valence-electron chi connectivity index (χ4n) is 4.05. The number of carbonyl (C=O) groups is 2. The maximum Gasteiger partial charge on any atom is 0.252 e. The number of aromatic nitrogens is 1. The van der Waals surface area contributed by atoms with Gasteiger partial charge in [0.1, 0.15) is 28.8 Å². The van der Waals surface area contributed by atoms with Crippen LogP contribution in [0.15, 0.2) is 30.5 Å². The molecule has 7 nitrogen and oxygen atoms in total. The molecule has 1 aromatic heterocycles. The third kappa shape index (κ3) is 4.72. The molecule has 3 N–H and O–H groups in total.